The van der Waals surface area contributed by atoms with E-state index >= 15 is 0 Å². The van der Waals surface area contributed by atoms with Crippen molar-refractivity contribution < 1.29 is 0 Å². The van der Waals surface area contributed by atoms with Gasteiger partial charge >= 0.3 is 0 Å². The predicted octanol–water partition coefficient (Wildman–Crippen LogP) is 1.18. The predicted molar refractivity (Wildman–Crippen MR) is 61.9 cm³/mol. The van der Waals surface area contributed by atoms with E-state index in [-0.39, 0.29) is 0 Å². The normalized spacial score (nSPS) is 10.6. The molecule has 0 aliphatic carbocycles. The lowest BCUT2D eigenvalue weighted by Gasteiger charge is -2.06. The summed E-state index contributed by atoms with van der Waals surface area (Å²) in [5, 5.41) is 0. The Bertz CT molecular complexity index is 475. The van der Waals surface area contributed by atoms with Gasteiger partial charge in [-0.05, 0) is 26.7 Å². The number of aryl methyl sites for hydroxylation is 4. The van der Waals surface area contributed by atoms with Crippen LogP contribution >= 0.6 is 0 Å². The number of rotatable bonds is 3. The molecule has 2 aromatic rings. The third kappa shape index (κ3) is 2.18. The highest BCUT2D eigenvalue weighted by molar-refractivity contribution is 5.35. The Morgan fingerprint density at radius 1 is 1.19 bits per heavy atom. The van der Waals surface area contributed by atoms with Crippen LogP contribution in [0.25, 0.3) is 0 Å². The van der Waals surface area contributed by atoms with Gasteiger partial charge < -0.3 is 10.7 Å². The van der Waals surface area contributed by atoms with Crippen LogP contribution in [-0.4, -0.2) is 19.9 Å². The van der Waals surface area contributed by atoms with Crippen LogP contribution in [0.4, 0.5) is 5.82 Å². The van der Waals surface area contributed by atoms with Gasteiger partial charge in [-0.15, -0.1) is 0 Å². The number of aromatic nitrogens is 4. The van der Waals surface area contributed by atoms with Crippen LogP contribution < -0.4 is 5.73 Å². The number of H-pyrrole nitrogens is 1. The minimum absolute atomic E-state index is 0.515. The minimum Gasteiger partial charge on any atom is -0.382 e. The first-order valence-corrected chi connectivity index (χ1v) is 5.24. The lowest BCUT2D eigenvalue weighted by molar-refractivity contribution is 0.851. The molecule has 0 aliphatic rings. The van der Waals surface area contributed by atoms with Gasteiger partial charge in [-0.3, -0.25) is 4.98 Å². The summed E-state index contributed by atoms with van der Waals surface area (Å²) in [6, 6.07) is 0. The zero-order valence-corrected chi connectivity index (χ0v) is 9.49. The molecule has 0 saturated heterocycles. The third-order valence-electron chi connectivity index (χ3n) is 2.55. The van der Waals surface area contributed by atoms with Crippen molar-refractivity contribution in [2.24, 2.45) is 0 Å². The fraction of sp³-hybridized carbons (Fsp3) is 0.364. The van der Waals surface area contributed by atoms with E-state index in [9.17, 15) is 0 Å². The summed E-state index contributed by atoms with van der Waals surface area (Å²) in [4.78, 5) is 15.8. The molecule has 2 heterocycles. The van der Waals surface area contributed by atoms with Crippen LogP contribution in [0.2, 0.25) is 0 Å². The molecule has 5 heteroatoms. The molecular weight excluding hydrogens is 202 g/mol. The molecular formula is C11H15N5. The number of hydrogen-bond acceptors (Lipinski definition) is 4. The molecule has 0 atom stereocenters. The molecule has 0 saturated carbocycles. The van der Waals surface area contributed by atoms with Crippen molar-refractivity contribution in [2.75, 3.05) is 5.73 Å². The average molecular weight is 217 g/mol. The second-order valence-electron chi connectivity index (χ2n) is 3.79. The molecule has 0 unspecified atom stereocenters. The number of nitrogens with zero attached hydrogens (tertiary/aromatic N) is 3. The summed E-state index contributed by atoms with van der Waals surface area (Å²) in [7, 11) is 0. The number of hydrogen-bond donors (Lipinski definition) is 2. The second-order valence-corrected chi connectivity index (χ2v) is 3.79. The van der Waals surface area contributed by atoms with Gasteiger partial charge in [0.15, 0.2) is 0 Å². The van der Waals surface area contributed by atoms with E-state index in [2.05, 4.69) is 19.9 Å². The molecule has 0 bridgehead atoms. The van der Waals surface area contributed by atoms with Crippen molar-refractivity contribution in [3.63, 3.8) is 0 Å². The number of aromatic amines is 1. The van der Waals surface area contributed by atoms with Crippen molar-refractivity contribution in [1.82, 2.24) is 19.9 Å². The number of nitrogen functional groups attached to an aromatic ring is 1. The van der Waals surface area contributed by atoms with Crippen molar-refractivity contribution in [3.05, 3.63) is 35.3 Å². The molecule has 0 spiro atoms. The Morgan fingerprint density at radius 2 is 2.00 bits per heavy atom. The van der Waals surface area contributed by atoms with Gasteiger partial charge in [-0.2, -0.15) is 0 Å². The van der Waals surface area contributed by atoms with E-state index in [0.29, 0.717) is 5.82 Å². The average Bonchev–Trinajstić information content (AvgIpc) is 2.74. The van der Waals surface area contributed by atoms with E-state index in [1.807, 2.05) is 20.0 Å². The monoisotopic (exact) mass is 217 g/mol. The number of imidazole rings is 1. The van der Waals surface area contributed by atoms with Crippen LogP contribution in [0.3, 0.4) is 0 Å². The largest absolute Gasteiger partial charge is 0.382 e. The molecule has 0 amide bonds. The summed E-state index contributed by atoms with van der Waals surface area (Å²) in [6.07, 6.45) is 5.28. The maximum absolute atomic E-state index is 5.69. The zero-order chi connectivity index (χ0) is 11.5. The van der Waals surface area contributed by atoms with Crippen LogP contribution in [0.1, 0.15) is 22.8 Å². The molecule has 16 heavy (non-hydrogen) atoms. The van der Waals surface area contributed by atoms with Crippen LogP contribution in [-0.2, 0) is 12.8 Å². The fourth-order valence-electron chi connectivity index (χ4n) is 1.58. The Hall–Kier alpha value is -1.91. The Morgan fingerprint density at radius 3 is 2.69 bits per heavy atom. The topological polar surface area (TPSA) is 80.5 Å². The van der Waals surface area contributed by atoms with Gasteiger partial charge in [0.1, 0.15) is 5.82 Å². The molecule has 0 aliphatic heterocycles. The zero-order valence-electron chi connectivity index (χ0n) is 9.49. The van der Waals surface area contributed by atoms with E-state index in [1.54, 1.807) is 6.33 Å². The molecule has 0 aromatic carbocycles. The molecule has 2 aromatic heterocycles. The van der Waals surface area contributed by atoms with Gasteiger partial charge in [0.25, 0.3) is 0 Å². The van der Waals surface area contributed by atoms with Crippen LogP contribution in [0, 0.1) is 13.8 Å². The Labute approximate surface area is 94.2 Å². The van der Waals surface area contributed by atoms with E-state index in [1.165, 1.54) is 0 Å². The summed E-state index contributed by atoms with van der Waals surface area (Å²) < 4.78 is 0. The highest BCUT2D eigenvalue weighted by Gasteiger charge is 2.06. The van der Waals surface area contributed by atoms with Gasteiger partial charge in [0, 0.05) is 6.20 Å². The molecule has 3 N–H and O–H groups in total. The third-order valence-corrected chi connectivity index (χ3v) is 2.55. The highest BCUT2D eigenvalue weighted by Crippen LogP contribution is 2.11. The maximum Gasteiger partial charge on any atom is 0.145 e. The Kier molecular flexibility index (Phi) is 2.85. The summed E-state index contributed by atoms with van der Waals surface area (Å²) in [6.45, 7) is 3.81. The van der Waals surface area contributed by atoms with Gasteiger partial charge in [-0.25, -0.2) is 9.97 Å². The lowest BCUT2D eigenvalue weighted by atomic mass is 10.1. The maximum atomic E-state index is 5.69. The van der Waals surface area contributed by atoms with Crippen LogP contribution in [0.15, 0.2) is 12.5 Å². The summed E-state index contributed by atoms with van der Waals surface area (Å²) >= 11 is 0. The molecule has 0 fully saturated rings. The summed E-state index contributed by atoms with van der Waals surface area (Å²) in [5.41, 5.74) is 9.42. The highest BCUT2D eigenvalue weighted by atomic mass is 14.9. The van der Waals surface area contributed by atoms with Crippen molar-refractivity contribution >= 4 is 5.82 Å². The molecule has 0 radical (unpaired) electrons. The van der Waals surface area contributed by atoms with Gasteiger partial charge in [0.05, 0.1) is 29.1 Å². The lowest BCUT2D eigenvalue weighted by Crippen LogP contribution is -2.06. The summed E-state index contributed by atoms with van der Waals surface area (Å²) in [5.74, 6) is 0.515. The van der Waals surface area contributed by atoms with Crippen molar-refractivity contribution in [1.29, 1.82) is 0 Å². The number of anilines is 1. The van der Waals surface area contributed by atoms with E-state index in [0.717, 1.165) is 35.6 Å². The first-order chi connectivity index (χ1) is 7.66. The quantitative estimate of drug-likeness (QED) is 0.809. The van der Waals surface area contributed by atoms with Crippen LogP contribution in [0.5, 0.6) is 0 Å². The van der Waals surface area contributed by atoms with Crippen molar-refractivity contribution in [3.8, 4) is 0 Å². The number of nitrogens with two attached hydrogens (primary N) is 1. The van der Waals surface area contributed by atoms with E-state index in [4.69, 9.17) is 5.73 Å². The van der Waals surface area contributed by atoms with E-state index < -0.39 is 0 Å². The number of nitrogens with one attached hydrogen (secondary N) is 1. The second kappa shape index (κ2) is 4.30. The van der Waals surface area contributed by atoms with Gasteiger partial charge in [-0.1, -0.05) is 0 Å². The van der Waals surface area contributed by atoms with Crippen molar-refractivity contribution in [2.45, 2.75) is 26.7 Å². The minimum atomic E-state index is 0.515. The molecule has 2 rings (SSSR count). The Balaban J connectivity index is 2.12. The first kappa shape index (κ1) is 10.6. The first-order valence-electron chi connectivity index (χ1n) is 5.24. The smallest absolute Gasteiger partial charge is 0.145 e. The van der Waals surface area contributed by atoms with Gasteiger partial charge in [0.2, 0.25) is 0 Å². The standard InChI is InChI=1S/C11H15N5/c1-7-10(15-8(2)11(12)16-7)4-3-9-5-13-6-14-9/h5-6H,3-4H2,1-2H3,(H2,12,16)(H,13,14). The molecule has 84 valence electrons. The molecule has 5 nitrogen and oxygen atoms in total. The fourth-order valence-corrected chi connectivity index (χ4v) is 1.58. The SMILES string of the molecule is Cc1nc(CCc2c[nH]cn2)c(C)nc1N.